The summed E-state index contributed by atoms with van der Waals surface area (Å²) in [5.41, 5.74) is 0.506. The number of likely N-dealkylation sites (tertiary alicyclic amines) is 1. The Morgan fingerprint density at radius 1 is 1.20 bits per heavy atom. The number of nitrogens with zero attached hydrogens (tertiary/aromatic N) is 3. The van der Waals surface area contributed by atoms with Gasteiger partial charge in [-0.3, -0.25) is 4.79 Å². The van der Waals surface area contributed by atoms with Gasteiger partial charge in [0.2, 0.25) is 5.95 Å². The maximum atomic E-state index is 12.6. The molecule has 0 radical (unpaired) electrons. The third-order valence-corrected chi connectivity index (χ3v) is 5.04. The molecule has 0 bridgehead atoms. The minimum absolute atomic E-state index is 0.0430. The molecule has 1 aromatic heterocycles. The Morgan fingerprint density at radius 3 is 2.56 bits per heavy atom. The molecule has 1 N–H and O–H groups in total. The van der Waals surface area contributed by atoms with E-state index < -0.39 is 5.79 Å². The highest BCUT2D eigenvalue weighted by molar-refractivity contribution is 5.93. The second-order valence-electron chi connectivity index (χ2n) is 6.71. The number of rotatable bonds is 4. The van der Waals surface area contributed by atoms with Crippen molar-refractivity contribution in [2.75, 3.05) is 44.8 Å². The van der Waals surface area contributed by atoms with Gasteiger partial charge in [0.15, 0.2) is 5.79 Å². The van der Waals surface area contributed by atoms with Crippen LogP contribution in [0.25, 0.3) is 0 Å². The molecule has 4 heterocycles. The molecular weight excluding hydrogens is 324 g/mol. The van der Waals surface area contributed by atoms with Gasteiger partial charge in [-0.05, 0) is 12.8 Å². The predicted octanol–water partition coefficient (Wildman–Crippen LogP) is 1.05. The zero-order chi connectivity index (χ0) is 17.1. The van der Waals surface area contributed by atoms with Crippen molar-refractivity contribution in [3.8, 4) is 0 Å². The molecule has 25 heavy (non-hydrogen) atoms. The van der Waals surface area contributed by atoms with Crippen molar-refractivity contribution < 1.29 is 19.0 Å². The summed E-state index contributed by atoms with van der Waals surface area (Å²) in [6.45, 7) is 4.05. The van der Waals surface area contributed by atoms with Crippen LogP contribution in [0.5, 0.6) is 0 Å². The monoisotopic (exact) mass is 348 g/mol. The Labute approximate surface area is 146 Å². The molecule has 4 rings (SSSR count). The average molecular weight is 348 g/mol. The van der Waals surface area contributed by atoms with Crippen LogP contribution in [0.3, 0.4) is 0 Å². The van der Waals surface area contributed by atoms with E-state index in [1.165, 1.54) is 0 Å². The number of aromatic nitrogens is 2. The average Bonchev–Trinajstić information content (AvgIpc) is 3.33. The number of amides is 1. The standard InChI is InChI=1S/C17H24N4O4/c22-15(21-5-3-17(4-6-21)24-8-9-25-17)13-10-18-16(19-11-13)20-12-14-2-1-7-23-14/h10-11,14H,1-9,12H2,(H,18,19,20). The van der Waals surface area contributed by atoms with Crippen molar-refractivity contribution >= 4 is 11.9 Å². The molecule has 1 aromatic rings. The number of nitrogens with one attached hydrogen (secondary N) is 1. The van der Waals surface area contributed by atoms with Gasteiger partial charge in [0, 0.05) is 51.5 Å². The van der Waals surface area contributed by atoms with Crippen molar-refractivity contribution in [1.29, 1.82) is 0 Å². The largest absolute Gasteiger partial charge is 0.376 e. The molecule has 1 unspecified atom stereocenters. The first-order chi connectivity index (χ1) is 12.2. The van der Waals surface area contributed by atoms with Gasteiger partial charge in [-0.15, -0.1) is 0 Å². The maximum absolute atomic E-state index is 12.6. The van der Waals surface area contributed by atoms with Crippen LogP contribution in [0, 0.1) is 0 Å². The number of carbonyl (C=O) groups excluding carboxylic acids is 1. The van der Waals surface area contributed by atoms with Gasteiger partial charge in [0.25, 0.3) is 5.91 Å². The SMILES string of the molecule is O=C(c1cnc(NCC2CCCO2)nc1)N1CCC2(CC1)OCCO2. The minimum Gasteiger partial charge on any atom is -0.376 e. The van der Waals surface area contributed by atoms with Crippen molar-refractivity contribution in [2.45, 2.75) is 37.6 Å². The molecule has 1 spiro atoms. The lowest BCUT2D eigenvalue weighted by Gasteiger charge is -2.37. The Hall–Kier alpha value is -1.77. The zero-order valence-corrected chi connectivity index (χ0v) is 14.3. The van der Waals surface area contributed by atoms with Crippen molar-refractivity contribution in [1.82, 2.24) is 14.9 Å². The molecule has 0 aromatic carbocycles. The molecule has 3 aliphatic heterocycles. The fourth-order valence-corrected chi connectivity index (χ4v) is 3.56. The topological polar surface area (TPSA) is 85.8 Å². The Morgan fingerprint density at radius 2 is 1.92 bits per heavy atom. The second-order valence-corrected chi connectivity index (χ2v) is 6.71. The molecule has 3 aliphatic rings. The summed E-state index contributed by atoms with van der Waals surface area (Å²) >= 11 is 0. The first-order valence-corrected chi connectivity index (χ1v) is 8.99. The molecule has 1 amide bonds. The van der Waals surface area contributed by atoms with Crippen LogP contribution in [0.1, 0.15) is 36.0 Å². The molecule has 0 saturated carbocycles. The molecule has 136 valence electrons. The first-order valence-electron chi connectivity index (χ1n) is 8.99. The Bertz CT molecular complexity index is 587. The summed E-state index contributed by atoms with van der Waals surface area (Å²) in [4.78, 5) is 22.9. The van der Waals surface area contributed by atoms with E-state index in [2.05, 4.69) is 15.3 Å². The van der Waals surface area contributed by atoms with Gasteiger partial charge in [-0.2, -0.15) is 0 Å². The van der Waals surface area contributed by atoms with Crippen LogP contribution in [-0.2, 0) is 14.2 Å². The predicted molar refractivity (Wildman–Crippen MR) is 89.3 cm³/mol. The summed E-state index contributed by atoms with van der Waals surface area (Å²) < 4.78 is 16.9. The normalized spacial score (nSPS) is 25.4. The highest BCUT2D eigenvalue weighted by Crippen LogP contribution is 2.31. The smallest absolute Gasteiger partial charge is 0.256 e. The molecule has 0 aliphatic carbocycles. The van der Waals surface area contributed by atoms with E-state index in [0.717, 1.165) is 19.4 Å². The number of anilines is 1. The van der Waals surface area contributed by atoms with E-state index >= 15 is 0 Å². The highest BCUT2D eigenvalue weighted by atomic mass is 16.7. The molecule has 3 saturated heterocycles. The summed E-state index contributed by atoms with van der Waals surface area (Å²) in [5, 5.41) is 3.16. The van der Waals surface area contributed by atoms with Crippen LogP contribution in [-0.4, -0.2) is 72.1 Å². The zero-order valence-electron chi connectivity index (χ0n) is 14.3. The Balaban J connectivity index is 1.30. The van der Waals surface area contributed by atoms with Crippen molar-refractivity contribution in [3.05, 3.63) is 18.0 Å². The maximum Gasteiger partial charge on any atom is 0.256 e. The van der Waals surface area contributed by atoms with E-state index in [1.807, 2.05) is 4.90 Å². The summed E-state index contributed by atoms with van der Waals surface area (Å²) in [7, 11) is 0. The molecule has 8 nitrogen and oxygen atoms in total. The van der Waals surface area contributed by atoms with E-state index in [9.17, 15) is 4.79 Å². The first kappa shape index (κ1) is 16.7. The van der Waals surface area contributed by atoms with Gasteiger partial charge < -0.3 is 24.4 Å². The summed E-state index contributed by atoms with van der Waals surface area (Å²) in [6, 6.07) is 0. The van der Waals surface area contributed by atoms with Crippen LogP contribution in [0.4, 0.5) is 5.95 Å². The van der Waals surface area contributed by atoms with E-state index in [4.69, 9.17) is 14.2 Å². The number of hydrogen-bond acceptors (Lipinski definition) is 7. The van der Waals surface area contributed by atoms with Gasteiger partial charge in [0.05, 0.1) is 24.9 Å². The fourth-order valence-electron chi connectivity index (χ4n) is 3.56. The fraction of sp³-hybridized carbons (Fsp3) is 0.706. The lowest BCUT2D eigenvalue weighted by atomic mass is 10.0. The molecule has 8 heteroatoms. The lowest BCUT2D eigenvalue weighted by molar-refractivity contribution is -0.181. The number of ether oxygens (including phenoxy) is 3. The van der Waals surface area contributed by atoms with Crippen LogP contribution in [0.15, 0.2) is 12.4 Å². The third kappa shape index (κ3) is 3.75. The van der Waals surface area contributed by atoms with Gasteiger partial charge in [-0.1, -0.05) is 0 Å². The van der Waals surface area contributed by atoms with Crippen molar-refractivity contribution in [3.63, 3.8) is 0 Å². The van der Waals surface area contributed by atoms with E-state index in [-0.39, 0.29) is 12.0 Å². The number of hydrogen-bond donors (Lipinski definition) is 1. The van der Waals surface area contributed by atoms with Crippen molar-refractivity contribution in [2.24, 2.45) is 0 Å². The van der Waals surface area contributed by atoms with Gasteiger partial charge in [-0.25, -0.2) is 9.97 Å². The lowest BCUT2D eigenvalue weighted by Crippen LogP contribution is -2.47. The third-order valence-electron chi connectivity index (χ3n) is 5.04. The number of carbonyl (C=O) groups is 1. The molecular formula is C17H24N4O4. The van der Waals surface area contributed by atoms with E-state index in [1.54, 1.807) is 12.4 Å². The van der Waals surface area contributed by atoms with Gasteiger partial charge in [0.1, 0.15) is 0 Å². The second kappa shape index (κ2) is 7.23. The van der Waals surface area contributed by atoms with Crippen LogP contribution >= 0.6 is 0 Å². The number of piperidine rings is 1. The van der Waals surface area contributed by atoms with Crippen LogP contribution < -0.4 is 5.32 Å². The van der Waals surface area contributed by atoms with Crippen LogP contribution in [0.2, 0.25) is 0 Å². The summed E-state index contributed by atoms with van der Waals surface area (Å²) in [5.74, 6) is 0.0135. The minimum atomic E-state index is -0.469. The molecule has 3 fully saturated rings. The van der Waals surface area contributed by atoms with E-state index in [0.29, 0.717) is 57.2 Å². The quantitative estimate of drug-likeness (QED) is 0.870. The van der Waals surface area contributed by atoms with Gasteiger partial charge >= 0.3 is 0 Å². The molecule has 1 atom stereocenters. The summed E-state index contributed by atoms with van der Waals surface area (Å²) in [6.07, 6.45) is 6.98. The Kier molecular flexibility index (Phi) is 4.82. The highest BCUT2D eigenvalue weighted by Gasteiger charge is 2.40.